The number of anilines is 2. The second-order valence-electron chi connectivity index (χ2n) is 5.21. The summed E-state index contributed by atoms with van der Waals surface area (Å²) in [6, 6.07) is 0. The Kier molecular flexibility index (Phi) is 3.60. The number of carboxylic acid groups (broad SMARTS) is 1. The van der Waals surface area contributed by atoms with Crippen LogP contribution in [0.25, 0.3) is 0 Å². The Morgan fingerprint density at radius 3 is 2.65 bits per heavy atom. The van der Waals surface area contributed by atoms with Gasteiger partial charge in [-0.2, -0.15) is 0 Å². The zero-order valence-electron chi connectivity index (χ0n) is 11.1. The number of Topliss-reactive ketones (excluding diaryl/α,β-unsaturated/α-hetero) is 1. The van der Waals surface area contributed by atoms with Gasteiger partial charge in [-0.25, -0.2) is 4.98 Å². The summed E-state index contributed by atoms with van der Waals surface area (Å²) in [5.74, 6) is -2.47. The number of fused-ring (bicyclic) bond motifs is 1. The van der Waals surface area contributed by atoms with E-state index >= 15 is 0 Å². The van der Waals surface area contributed by atoms with Gasteiger partial charge in [0, 0.05) is 19.6 Å². The highest BCUT2D eigenvalue weighted by atomic mass is 32.1. The number of carboxylic acids is 1. The van der Waals surface area contributed by atoms with E-state index in [-0.39, 0.29) is 12.3 Å². The molecule has 7 heteroatoms. The molecule has 6 nitrogen and oxygen atoms in total. The molecule has 0 spiro atoms. The van der Waals surface area contributed by atoms with Gasteiger partial charge in [0.15, 0.2) is 10.9 Å². The van der Waals surface area contributed by atoms with Crippen molar-refractivity contribution in [2.24, 2.45) is 5.92 Å². The summed E-state index contributed by atoms with van der Waals surface area (Å²) in [7, 11) is 0. The first kappa shape index (κ1) is 13.4. The molecular weight excluding hydrogens is 278 g/mol. The molecule has 20 heavy (non-hydrogen) atoms. The lowest BCUT2D eigenvalue weighted by Gasteiger charge is -2.18. The van der Waals surface area contributed by atoms with Gasteiger partial charge in [0.2, 0.25) is 0 Å². The first-order valence-corrected chi connectivity index (χ1v) is 7.75. The molecule has 0 saturated carbocycles. The van der Waals surface area contributed by atoms with Gasteiger partial charge in [0.1, 0.15) is 16.6 Å². The van der Waals surface area contributed by atoms with Crippen LogP contribution in [0, 0.1) is 5.92 Å². The monoisotopic (exact) mass is 295 g/mol. The average Bonchev–Trinajstić information content (AvgIpc) is 2.67. The molecule has 108 valence electrons. The zero-order chi connectivity index (χ0) is 14.1. The predicted molar refractivity (Wildman–Crippen MR) is 76.7 cm³/mol. The molecule has 1 atom stereocenters. The second kappa shape index (κ2) is 5.40. The molecule has 1 unspecified atom stereocenters. The quantitative estimate of drug-likeness (QED) is 0.810. The maximum atomic E-state index is 12.1. The van der Waals surface area contributed by atoms with E-state index in [9.17, 15) is 9.59 Å². The number of aromatic nitrogens is 1. The molecule has 0 radical (unpaired) electrons. The molecule has 0 aromatic carbocycles. The standard InChI is InChI=1S/C13H17N3O3S/c17-10-8(12(18)19)7-14-11-9(10)15-13(20-11)16-5-3-1-2-4-6-16/h8,14H,1-7H2,(H,18,19). The second-order valence-corrected chi connectivity index (χ2v) is 6.19. The highest BCUT2D eigenvalue weighted by molar-refractivity contribution is 7.20. The van der Waals surface area contributed by atoms with Crippen LogP contribution in [0.3, 0.4) is 0 Å². The summed E-state index contributed by atoms with van der Waals surface area (Å²) in [5.41, 5.74) is 0.299. The number of nitrogens with zero attached hydrogens (tertiary/aromatic N) is 2. The number of carbonyl (C=O) groups is 2. The molecule has 2 aliphatic heterocycles. The average molecular weight is 295 g/mol. The van der Waals surface area contributed by atoms with Crippen LogP contribution in [0.2, 0.25) is 0 Å². The van der Waals surface area contributed by atoms with Crippen molar-refractivity contribution in [3.63, 3.8) is 0 Å². The van der Waals surface area contributed by atoms with Crippen LogP contribution < -0.4 is 10.2 Å². The molecule has 2 aliphatic rings. The van der Waals surface area contributed by atoms with Crippen LogP contribution in [0.15, 0.2) is 0 Å². The number of rotatable bonds is 2. The number of ketones is 1. The minimum atomic E-state index is -1.09. The molecule has 1 aromatic rings. The lowest BCUT2D eigenvalue weighted by molar-refractivity contribution is -0.139. The number of nitrogens with one attached hydrogen (secondary N) is 1. The van der Waals surface area contributed by atoms with E-state index in [1.54, 1.807) is 0 Å². The smallest absolute Gasteiger partial charge is 0.316 e. The highest BCUT2D eigenvalue weighted by Gasteiger charge is 2.36. The lowest BCUT2D eigenvalue weighted by atomic mass is 9.99. The minimum absolute atomic E-state index is 0.156. The van der Waals surface area contributed by atoms with Crippen LogP contribution in [0.1, 0.15) is 36.2 Å². The summed E-state index contributed by atoms with van der Waals surface area (Å²) in [6.45, 7) is 2.08. The minimum Gasteiger partial charge on any atom is -0.481 e. The van der Waals surface area contributed by atoms with E-state index in [4.69, 9.17) is 5.11 Å². The van der Waals surface area contributed by atoms with Gasteiger partial charge >= 0.3 is 5.97 Å². The van der Waals surface area contributed by atoms with Gasteiger partial charge in [0.25, 0.3) is 0 Å². The van der Waals surface area contributed by atoms with Crippen molar-refractivity contribution in [1.29, 1.82) is 0 Å². The fraction of sp³-hybridized carbons (Fsp3) is 0.615. The van der Waals surface area contributed by atoms with E-state index < -0.39 is 11.9 Å². The number of thiazole rings is 1. The fourth-order valence-electron chi connectivity index (χ4n) is 2.64. The Balaban J connectivity index is 1.85. The molecule has 0 aliphatic carbocycles. The molecule has 1 saturated heterocycles. The Morgan fingerprint density at radius 1 is 1.30 bits per heavy atom. The van der Waals surface area contributed by atoms with Gasteiger partial charge in [-0.05, 0) is 12.8 Å². The summed E-state index contributed by atoms with van der Waals surface area (Å²) < 4.78 is 0. The van der Waals surface area contributed by atoms with Crippen molar-refractivity contribution >= 4 is 33.2 Å². The molecule has 0 bridgehead atoms. The first-order valence-electron chi connectivity index (χ1n) is 6.93. The van der Waals surface area contributed by atoms with Crippen LogP contribution in [0.4, 0.5) is 10.1 Å². The van der Waals surface area contributed by atoms with Crippen LogP contribution >= 0.6 is 11.3 Å². The Hall–Kier alpha value is -1.63. The molecule has 3 heterocycles. The van der Waals surface area contributed by atoms with Gasteiger partial charge < -0.3 is 15.3 Å². The summed E-state index contributed by atoms with van der Waals surface area (Å²) in [5, 5.41) is 13.6. The van der Waals surface area contributed by atoms with E-state index in [0.717, 1.165) is 31.1 Å². The first-order chi connectivity index (χ1) is 9.66. The largest absolute Gasteiger partial charge is 0.481 e. The maximum Gasteiger partial charge on any atom is 0.316 e. The van der Waals surface area contributed by atoms with Crippen molar-refractivity contribution in [3.05, 3.63) is 5.69 Å². The number of carbonyl (C=O) groups excluding carboxylic acids is 1. The number of hydrogen-bond donors (Lipinski definition) is 2. The van der Waals surface area contributed by atoms with Gasteiger partial charge in [0.05, 0.1) is 0 Å². The Bertz CT molecular complexity index is 535. The molecule has 3 rings (SSSR count). The third-order valence-electron chi connectivity index (χ3n) is 3.81. The summed E-state index contributed by atoms with van der Waals surface area (Å²) in [4.78, 5) is 29.8. The Morgan fingerprint density at radius 2 is 2.00 bits per heavy atom. The third-order valence-corrected chi connectivity index (χ3v) is 4.88. The Labute approximate surface area is 120 Å². The van der Waals surface area contributed by atoms with E-state index in [1.165, 1.54) is 24.2 Å². The SMILES string of the molecule is O=C(O)C1CNc2sc(N3CCCCCC3)nc2C1=O. The molecule has 2 N–H and O–H groups in total. The third kappa shape index (κ3) is 2.37. The topological polar surface area (TPSA) is 82.5 Å². The van der Waals surface area contributed by atoms with E-state index in [1.807, 2.05) is 0 Å². The molecule has 1 aromatic heterocycles. The molecule has 0 amide bonds. The van der Waals surface area contributed by atoms with Gasteiger partial charge in [-0.3, -0.25) is 9.59 Å². The van der Waals surface area contributed by atoms with Crippen molar-refractivity contribution in [2.45, 2.75) is 25.7 Å². The normalized spacial score (nSPS) is 22.9. The van der Waals surface area contributed by atoms with Crippen LogP contribution in [0.5, 0.6) is 0 Å². The number of aliphatic carboxylic acids is 1. The predicted octanol–water partition coefficient (Wildman–Crippen LogP) is 1.83. The van der Waals surface area contributed by atoms with Gasteiger partial charge in [-0.15, -0.1) is 0 Å². The summed E-state index contributed by atoms with van der Waals surface area (Å²) in [6.07, 6.45) is 4.76. The van der Waals surface area contributed by atoms with Crippen molar-refractivity contribution in [1.82, 2.24) is 4.98 Å². The summed E-state index contributed by atoms with van der Waals surface area (Å²) >= 11 is 1.46. The maximum absolute atomic E-state index is 12.1. The molecule has 1 fully saturated rings. The zero-order valence-corrected chi connectivity index (χ0v) is 11.9. The van der Waals surface area contributed by atoms with Crippen LogP contribution in [-0.4, -0.2) is 41.5 Å². The lowest BCUT2D eigenvalue weighted by Crippen LogP contribution is -2.35. The number of hydrogen-bond acceptors (Lipinski definition) is 6. The van der Waals surface area contributed by atoms with E-state index in [2.05, 4.69) is 15.2 Å². The highest BCUT2D eigenvalue weighted by Crippen LogP contribution is 2.36. The van der Waals surface area contributed by atoms with E-state index in [0.29, 0.717) is 10.7 Å². The molecular formula is C13H17N3O3S. The van der Waals surface area contributed by atoms with Crippen LogP contribution in [-0.2, 0) is 4.79 Å². The van der Waals surface area contributed by atoms with Crippen molar-refractivity contribution in [2.75, 3.05) is 29.9 Å². The van der Waals surface area contributed by atoms with Gasteiger partial charge in [-0.1, -0.05) is 24.2 Å². The fourth-order valence-corrected chi connectivity index (χ4v) is 3.67. The van der Waals surface area contributed by atoms with Crippen molar-refractivity contribution < 1.29 is 14.7 Å². The van der Waals surface area contributed by atoms with Crippen molar-refractivity contribution in [3.8, 4) is 0 Å².